The normalized spacial score (nSPS) is 15.9. The van der Waals surface area contributed by atoms with Crippen molar-refractivity contribution in [1.29, 1.82) is 0 Å². The maximum absolute atomic E-state index is 13.3. The van der Waals surface area contributed by atoms with E-state index in [9.17, 15) is 9.59 Å². The number of fused-ring (bicyclic) bond motifs is 2. The van der Waals surface area contributed by atoms with Crippen molar-refractivity contribution in [3.05, 3.63) is 58.6 Å². The molecule has 0 radical (unpaired) electrons. The first-order chi connectivity index (χ1) is 16.2. The maximum atomic E-state index is 13.3. The largest absolute Gasteiger partial charge is 0.463 e. The minimum absolute atomic E-state index is 0.165. The van der Waals surface area contributed by atoms with E-state index in [1.54, 1.807) is 23.3 Å². The maximum Gasteiger partial charge on any atom is 0.294 e. The number of aromatic nitrogens is 3. The van der Waals surface area contributed by atoms with Crippen molar-refractivity contribution in [2.24, 2.45) is 0 Å². The van der Waals surface area contributed by atoms with Gasteiger partial charge in [-0.2, -0.15) is 5.10 Å². The molecule has 1 fully saturated rings. The molecule has 2 aliphatic heterocycles. The van der Waals surface area contributed by atoms with Crippen molar-refractivity contribution in [1.82, 2.24) is 14.8 Å². The van der Waals surface area contributed by atoms with Crippen LogP contribution in [0.2, 0.25) is 0 Å². The van der Waals surface area contributed by atoms with Gasteiger partial charge < -0.3 is 19.0 Å². The average molecular weight is 464 g/mol. The van der Waals surface area contributed by atoms with Gasteiger partial charge in [-0.1, -0.05) is 29.5 Å². The Hall–Kier alpha value is -3.50. The fourth-order valence-electron chi connectivity index (χ4n) is 4.33. The van der Waals surface area contributed by atoms with Crippen LogP contribution in [0.15, 0.2) is 51.9 Å². The molecule has 10 heteroatoms. The van der Waals surface area contributed by atoms with E-state index in [1.807, 2.05) is 24.3 Å². The highest BCUT2D eigenvalue weighted by atomic mass is 32.1. The van der Waals surface area contributed by atoms with Gasteiger partial charge in [0.15, 0.2) is 16.4 Å². The molecule has 6 rings (SSSR count). The van der Waals surface area contributed by atoms with Gasteiger partial charge in [-0.3, -0.25) is 9.59 Å². The molecule has 1 amide bonds. The summed E-state index contributed by atoms with van der Waals surface area (Å²) in [5.74, 6) is 0.354. The molecular weight excluding hydrogens is 442 g/mol. The van der Waals surface area contributed by atoms with Gasteiger partial charge in [-0.05, 0) is 30.2 Å². The Morgan fingerprint density at radius 3 is 2.76 bits per heavy atom. The summed E-state index contributed by atoms with van der Waals surface area (Å²) >= 11 is 1.41. The Morgan fingerprint density at radius 1 is 1.09 bits per heavy atom. The predicted octanol–water partition coefficient (Wildman–Crippen LogP) is 2.54. The molecule has 2 aliphatic rings. The summed E-state index contributed by atoms with van der Waals surface area (Å²) in [5.41, 5.74) is 2.47. The first kappa shape index (κ1) is 20.1. The molecule has 0 saturated carbocycles. The number of hydrogen-bond acceptors (Lipinski definition) is 8. The van der Waals surface area contributed by atoms with Crippen LogP contribution in [-0.2, 0) is 22.5 Å². The lowest BCUT2D eigenvalue weighted by atomic mass is 10.2. The van der Waals surface area contributed by atoms with Gasteiger partial charge in [-0.25, -0.2) is 9.67 Å². The molecule has 1 saturated heterocycles. The standard InChI is InChI=1S/C23H21N5O4S/c29-18(27-8-7-15-4-1-2-5-16(15)27)14-28-22(30)20-21(19(25-28)17-6-3-11-32-17)33-23(24-20)26-9-12-31-13-10-26/h1-6,11H,7-10,12-14H2. The van der Waals surface area contributed by atoms with E-state index in [4.69, 9.17) is 9.15 Å². The Kier molecular flexibility index (Phi) is 4.96. The number of hydrogen-bond donors (Lipinski definition) is 0. The summed E-state index contributed by atoms with van der Waals surface area (Å²) in [4.78, 5) is 35.0. The number of anilines is 2. The number of para-hydroxylation sites is 1. The van der Waals surface area contributed by atoms with Crippen LogP contribution < -0.4 is 15.4 Å². The first-order valence-corrected chi connectivity index (χ1v) is 11.7. The van der Waals surface area contributed by atoms with Crippen molar-refractivity contribution >= 4 is 38.3 Å². The molecule has 0 N–H and O–H groups in total. The molecule has 9 nitrogen and oxygen atoms in total. The zero-order valence-electron chi connectivity index (χ0n) is 17.8. The topological polar surface area (TPSA) is 93.7 Å². The van der Waals surface area contributed by atoms with Gasteiger partial charge in [0.1, 0.15) is 12.2 Å². The van der Waals surface area contributed by atoms with Gasteiger partial charge in [-0.15, -0.1) is 0 Å². The SMILES string of the molecule is O=C(Cn1nc(-c2ccco2)c2sc(N3CCOCC3)nc2c1=O)N1CCc2ccccc21. The Bertz CT molecular complexity index is 1390. The molecule has 33 heavy (non-hydrogen) atoms. The monoisotopic (exact) mass is 463 g/mol. The van der Waals surface area contributed by atoms with E-state index in [0.29, 0.717) is 54.5 Å². The van der Waals surface area contributed by atoms with E-state index in [1.165, 1.54) is 16.0 Å². The Balaban J connectivity index is 1.41. The molecule has 0 atom stereocenters. The van der Waals surface area contributed by atoms with Crippen molar-refractivity contribution in [3.8, 4) is 11.5 Å². The zero-order chi connectivity index (χ0) is 22.4. The van der Waals surface area contributed by atoms with Crippen LogP contribution in [0.5, 0.6) is 0 Å². The molecule has 0 aliphatic carbocycles. The summed E-state index contributed by atoms with van der Waals surface area (Å²) < 4.78 is 12.9. The highest BCUT2D eigenvalue weighted by molar-refractivity contribution is 7.22. The zero-order valence-corrected chi connectivity index (χ0v) is 18.6. The lowest BCUT2D eigenvalue weighted by Gasteiger charge is -2.25. The smallest absolute Gasteiger partial charge is 0.294 e. The molecular formula is C23H21N5O4S. The summed E-state index contributed by atoms with van der Waals surface area (Å²) in [6, 6.07) is 11.4. The number of ether oxygens (including phenoxy) is 1. The number of carbonyl (C=O) groups is 1. The van der Waals surface area contributed by atoms with Crippen LogP contribution in [-0.4, -0.2) is 53.5 Å². The third-order valence-corrected chi connectivity index (χ3v) is 7.12. The second-order valence-corrected chi connectivity index (χ2v) is 8.96. The Morgan fingerprint density at radius 2 is 1.94 bits per heavy atom. The number of morpholine rings is 1. The second kappa shape index (κ2) is 8.13. The highest BCUT2D eigenvalue weighted by Gasteiger charge is 2.27. The minimum atomic E-state index is -0.378. The van der Waals surface area contributed by atoms with E-state index < -0.39 is 0 Å². The van der Waals surface area contributed by atoms with Crippen LogP contribution in [0.4, 0.5) is 10.8 Å². The average Bonchev–Trinajstić information content (AvgIpc) is 3.61. The van der Waals surface area contributed by atoms with Crippen molar-refractivity contribution in [2.45, 2.75) is 13.0 Å². The molecule has 5 heterocycles. The second-order valence-electron chi connectivity index (χ2n) is 7.99. The summed E-state index contributed by atoms with van der Waals surface area (Å²) in [5, 5.41) is 5.31. The minimum Gasteiger partial charge on any atom is -0.463 e. The number of furan rings is 1. The lowest BCUT2D eigenvalue weighted by molar-refractivity contribution is -0.119. The lowest BCUT2D eigenvalue weighted by Crippen LogP contribution is -2.37. The molecule has 3 aromatic heterocycles. The van der Waals surface area contributed by atoms with Gasteiger partial charge in [0, 0.05) is 25.3 Å². The third-order valence-electron chi connectivity index (χ3n) is 6.00. The van der Waals surface area contributed by atoms with Gasteiger partial charge >= 0.3 is 0 Å². The van der Waals surface area contributed by atoms with Gasteiger partial charge in [0.25, 0.3) is 5.56 Å². The number of rotatable bonds is 4. The van der Waals surface area contributed by atoms with E-state index >= 15 is 0 Å². The fourth-order valence-corrected chi connectivity index (χ4v) is 5.43. The molecule has 4 aromatic rings. The highest BCUT2D eigenvalue weighted by Crippen LogP contribution is 2.34. The molecule has 0 spiro atoms. The summed E-state index contributed by atoms with van der Waals surface area (Å²) in [6.45, 7) is 3.10. The Labute approximate surface area is 192 Å². The van der Waals surface area contributed by atoms with Crippen LogP contribution in [0.1, 0.15) is 5.56 Å². The van der Waals surface area contributed by atoms with Gasteiger partial charge in [0.2, 0.25) is 5.91 Å². The predicted molar refractivity (Wildman–Crippen MR) is 125 cm³/mol. The molecule has 0 unspecified atom stereocenters. The fraction of sp³-hybridized carbons (Fsp3) is 0.304. The van der Waals surface area contributed by atoms with Crippen LogP contribution in [0.25, 0.3) is 21.7 Å². The van der Waals surface area contributed by atoms with Crippen molar-refractivity contribution < 1.29 is 13.9 Å². The molecule has 1 aromatic carbocycles. The van der Waals surface area contributed by atoms with E-state index in [2.05, 4.69) is 15.0 Å². The van der Waals surface area contributed by atoms with E-state index in [0.717, 1.165) is 22.8 Å². The molecule has 168 valence electrons. The number of thiazole rings is 1. The number of benzene rings is 1. The summed E-state index contributed by atoms with van der Waals surface area (Å²) in [7, 11) is 0. The third kappa shape index (κ3) is 3.51. The molecule has 0 bridgehead atoms. The van der Waals surface area contributed by atoms with Crippen LogP contribution in [0.3, 0.4) is 0 Å². The van der Waals surface area contributed by atoms with Gasteiger partial charge in [0.05, 0.1) is 24.2 Å². The quantitative estimate of drug-likeness (QED) is 0.459. The summed E-state index contributed by atoms with van der Waals surface area (Å²) in [6.07, 6.45) is 2.37. The van der Waals surface area contributed by atoms with Crippen molar-refractivity contribution in [2.75, 3.05) is 42.6 Å². The first-order valence-electron chi connectivity index (χ1n) is 10.9. The number of nitrogens with zero attached hydrogens (tertiary/aromatic N) is 5. The van der Waals surface area contributed by atoms with Crippen LogP contribution in [0, 0.1) is 0 Å². The van der Waals surface area contributed by atoms with Crippen molar-refractivity contribution in [3.63, 3.8) is 0 Å². The number of carbonyl (C=O) groups excluding carboxylic acids is 1. The number of amides is 1. The van der Waals surface area contributed by atoms with E-state index in [-0.39, 0.29) is 18.0 Å². The van der Waals surface area contributed by atoms with Crippen LogP contribution >= 0.6 is 11.3 Å².